The Morgan fingerprint density at radius 2 is 1.65 bits per heavy atom. The van der Waals surface area contributed by atoms with Gasteiger partial charge in [-0.25, -0.2) is 0 Å². The second-order valence-electron chi connectivity index (χ2n) is 5.23. The summed E-state index contributed by atoms with van der Waals surface area (Å²) in [5.74, 6) is 0. The van der Waals surface area contributed by atoms with Gasteiger partial charge in [-0.2, -0.15) is 0 Å². The van der Waals surface area contributed by atoms with E-state index in [9.17, 15) is 0 Å². The van der Waals surface area contributed by atoms with Crippen LogP contribution in [-0.4, -0.2) is 0 Å². The fourth-order valence-electron chi connectivity index (χ4n) is 1.93. The van der Waals surface area contributed by atoms with Gasteiger partial charge in [-0.15, -0.1) is 0 Å². The summed E-state index contributed by atoms with van der Waals surface area (Å²) in [7, 11) is 0. The van der Waals surface area contributed by atoms with Crippen LogP contribution in [0.5, 0.6) is 0 Å². The van der Waals surface area contributed by atoms with Crippen LogP contribution in [0.2, 0.25) is 0 Å². The summed E-state index contributed by atoms with van der Waals surface area (Å²) in [6.45, 7) is 6.55. The van der Waals surface area contributed by atoms with E-state index in [1.165, 1.54) is 16.7 Å². The Morgan fingerprint density at radius 1 is 1.00 bits per heavy atom. The van der Waals surface area contributed by atoms with Crippen molar-refractivity contribution in [3.05, 3.63) is 58.5 Å². The fourth-order valence-corrected chi connectivity index (χ4v) is 2.20. The first kappa shape index (κ1) is 11.0. The Hall–Kier alpha value is -1.08. The van der Waals surface area contributed by atoms with Gasteiger partial charge in [0.15, 0.2) is 0 Å². The second-order valence-corrected chi connectivity index (χ2v) is 6.14. The number of halogens is 1. The van der Waals surface area contributed by atoms with Gasteiger partial charge in [0, 0.05) is 4.47 Å². The van der Waals surface area contributed by atoms with E-state index in [-0.39, 0.29) is 5.41 Å². The van der Waals surface area contributed by atoms with E-state index in [0.717, 1.165) is 4.47 Å². The van der Waals surface area contributed by atoms with Crippen molar-refractivity contribution in [1.82, 2.24) is 0 Å². The smallest absolute Gasteiger partial charge is 0.0619 e. The lowest BCUT2D eigenvalue weighted by Crippen LogP contribution is -2.12. The summed E-state index contributed by atoms with van der Waals surface area (Å²) in [5, 5.41) is 0. The molecule has 0 amide bonds. The maximum atomic E-state index is 7.80. The van der Waals surface area contributed by atoms with Crippen molar-refractivity contribution in [3.63, 3.8) is 0 Å². The molecule has 0 aliphatic carbocycles. The highest BCUT2D eigenvalue weighted by molar-refractivity contribution is 9.10. The van der Waals surface area contributed by atoms with Crippen molar-refractivity contribution in [2.24, 2.45) is 0 Å². The van der Waals surface area contributed by atoms with Gasteiger partial charge < -0.3 is 0 Å². The molecule has 0 bridgehead atoms. The number of benzene rings is 2. The molecule has 0 aliphatic rings. The molecule has 0 saturated carbocycles. The normalized spacial score (nSPS) is 12.4. The molecule has 17 heavy (non-hydrogen) atoms. The van der Waals surface area contributed by atoms with Gasteiger partial charge in [-0.3, -0.25) is 0 Å². The van der Waals surface area contributed by atoms with Gasteiger partial charge in [0.1, 0.15) is 0 Å². The zero-order chi connectivity index (χ0) is 13.3. The summed E-state index contributed by atoms with van der Waals surface area (Å²) in [4.78, 5) is 0. The van der Waals surface area contributed by atoms with Gasteiger partial charge in [0.05, 0.1) is 1.37 Å². The van der Waals surface area contributed by atoms with Gasteiger partial charge in [0.2, 0.25) is 0 Å². The minimum Gasteiger partial charge on any atom is -0.0619 e. The highest BCUT2D eigenvalue weighted by Gasteiger charge is 2.17. The highest BCUT2D eigenvalue weighted by atomic mass is 79.9. The highest BCUT2D eigenvalue weighted by Crippen LogP contribution is 2.33. The monoisotopic (exact) mass is 289 g/mol. The van der Waals surface area contributed by atoms with Crippen LogP contribution in [0.25, 0.3) is 11.1 Å². The van der Waals surface area contributed by atoms with Crippen LogP contribution in [0, 0.1) is 0 Å². The third kappa shape index (κ3) is 2.78. The maximum Gasteiger partial charge on any atom is 0.0623 e. The van der Waals surface area contributed by atoms with Crippen molar-refractivity contribution in [3.8, 4) is 11.1 Å². The van der Waals surface area contributed by atoms with Gasteiger partial charge >= 0.3 is 0 Å². The summed E-state index contributed by atoms with van der Waals surface area (Å²) in [6, 6.07) is 14.8. The zero-order valence-corrected chi connectivity index (χ0v) is 12.0. The van der Waals surface area contributed by atoms with Crippen LogP contribution >= 0.6 is 15.9 Å². The first-order chi connectivity index (χ1) is 8.38. The van der Waals surface area contributed by atoms with Gasteiger partial charge in [0.25, 0.3) is 0 Å². The molecule has 0 heterocycles. The van der Waals surface area contributed by atoms with Crippen molar-refractivity contribution in [1.29, 1.82) is 0 Å². The molecule has 0 radical (unpaired) electrons. The molecule has 0 fully saturated rings. The van der Waals surface area contributed by atoms with Gasteiger partial charge in [-0.1, -0.05) is 73.1 Å². The van der Waals surface area contributed by atoms with Crippen LogP contribution in [0.15, 0.2) is 53.0 Å². The molecule has 88 valence electrons. The molecular weight excluding hydrogens is 272 g/mol. The van der Waals surface area contributed by atoms with Crippen LogP contribution in [0.3, 0.4) is 0 Å². The Bertz CT molecular complexity index is 550. The number of hydrogen-bond acceptors (Lipinski definition) is 0. The van der Waals surface area contributed by atoms with E-state index in [4.69, 9.17) is 1.37 Å². The Balaban J connectivity index is 2.60. The van der Waals surface area contributed by atoms with E-state index in [1.54, 1.807) is 0 Å². The van der Waals surface area contributed by atoms with Crippen molar-refractivity contribution < 1.29 is 1.37 Å². The molecule has 1 heteroatoms. The van der Waals surface area contributed by atoms with E-state index in [2.05, 4.69) is 61.0 Å². The Kier molecular flexibility index (Phi) is 3.02. The van der Waals surface area contributed by atoms with E-state index >= 15 is 0 Å². The summed E-state index contributed by atoms with van der Waals surface area (Å²) >= 11 is 3.46. The molecule has 0 spiro atoms. The van der Waals surface area contributed by atoms with Gasteiger partial charge in [-0.05, 0) is 34.2 Å². The molecule has 0 saturated heterocycles. The molecule has 0 unspecified atom stereocenters. The first-order valence-corrected chi connectivity index (χ1v) is 6.54. The van der Waals surface area contributed by atoms with Crippen LogP contribution in [0.1, 0.15) is 27.7 Å². The second kappa shape index (κ2) is 4.66. The molecule has 2 aromatic rings. The lowest BCUT2D eigenvalue weighted by molar-refractivity contribution is 0.592. The largest absolute Gasteiger partial charge is 0.0623 e. The van der Waals surface area contributed by atoms with Crippen molar-refractivity contribution in [2.45, 2.75) is 26.2 Å². The quantitative estimate of drug-likeness (QED) is 0.658. The Labute approximate surface area is 113 Å². The third-order valence-electron chi connectivity index (χ3n) is 2.83. The minimum absolute atomic E-state index is 0.0411. The summed E-state index contributed by atoms with van der Waals surface area (Å²) in [6.07, 6.45) is 0. The predicted octanol–water partition coefficient (Wildman–Crippen LogP) is 5.41. The minimum atomic E-state index is 0.0411. The van der Waals surface area contributed by atoms with Crippen LogP contribution < -0.4 is 0 Å². The summed E-state index contributed by atoms with van der Waals surface area (Å²) in [5.41, 5.74) is 3.67. The average molecular weight is 290 g/mol. The Morgan fingerprint density at radius 3 is 2.24 bits per heavy atom. The molecule has 2 aromatic carbocycles. The predicted molar refractivity (Wildman–Crippen MR) is 78.3 cm³/mol. The standard InChI is InChI=1S/C16H17Br/c1-16(2,3)15-7-5-4-6-14(15)12-8-10-13(17)11-9-12/h4-11H,1-3H3/i5D. The average Bonchev–Trinajstić information content (AvgIpc) is 2.29. The first-order valence-electron chi connectivity index (χ1n) is 6.25. The lowest BCUT2D eigenvalue weighted by atomic mass is 9.82. The third-order valence-corrected chi connectivity index (χ3v) is 3.36. The molecule has 0 aliphatic heterocycles. The molecule has 0 aromatic heterocycles. The number of hydrogen-bond donors (Lipinski definition) is 0. The zero-order valence-electron chi connectivity index (χ0n) is 11.4. The topological polar surface area (TPSA) is 0 Å². The molecule has 2 rings (SSSR count). The van der Waals surface area contributed by atoms with E-state index in [0.29, 0.717) is 6.04 Å². The SMILES string of the molecule is [2H]c1ccc(-c2ccc(Br)cc2)c(C(C)(C)C)c1. The summed E-state index contributed by atoms with van der Waals surface area (Å²) < 4.78 is 8.89. The van der Waals surface area contributed by atoms with Crippen LogP contribution in [-0.2, 0) is 5.41 Å². The van der Waals surface area contributed by atoms with E-state index in [1.807, 2.05) is 18.2 Å². The van der Waals surface area contributed by atoms with Crippen molar-refractivity contribution >= 4 is 15.9 Å². The fraction of sp³-hybridized carbons (Fsp3) is 0.250. The van der Waals surface area contributed by atoms with E-state index < -0.39 is 0 Å². The number of rotatable bonds is 1. The van der Waals surface area contributed by atoms with Crippen LogP contribution in [0.4, 0.5) is 0 Å². The lowest BCUT2D eigenvalue weighted by Gasteiger charge is -2.23. The molecule has 0 N–H and O–H groups in total. The molecular formula is C16H17Br. The maximum absolute atomic E-state index is 7.80. The molecule has 0 nitrogen and oxygen atoms in total. The molecule has 0 atom stereocenters. The van der Waals surface area contributed by atoms with Crippen molar-refractivity contribution in [2.75, 3.05) is 0 Å².